The molecule has 0 aromatic heterocycles. The third kappa shape index (κ3) is 4.31. The minimum Gasteiger partial charge on any atom is -0.294 e. The number of hydrogen-bond acceptors (Lipinski definition) is 2. The topological polar surface area (TPSA) is 34.1 Å². The smallest absolute Gasteiger partial charge is 0.170 e. The molecule has 0 fully saturated rings. The van der Waals surface area contributed by atoms with Crippen LogP contribution in [0.4, 0.5) is 0 Å². The molecule has 0 heterocycles. The molecule has 3 rings (SSSR count). The summed E-state index contributed by atoms with van der Waals surface area (Å²) in [5.74, 6) is -0.571. The van der Waals surface area contributed by atoms with Crippen molar-refractivity contribution in [3.63, 3.8) is 0 Å². The molecule has 0 saturated carbocycles. The third-order valence-electron chi connectivity index (χ3n) is 4.11. The molecule has 3 aromatic carbocycles. The van der Waals surface area contributed by atoms with E-state index in [1.807, 2.05) is 60.7 Å². The average Bonchev–Trinajstić information content (AvgIpc) is 2.67. The van der Waals surface area contributed by atoms with E-state index in [9.17, 15) is 9.59 Å². The highest BCUT2D eigenvalue weighted by Crippen LogP contribution is 2.27. The molecule has 0 aliphatic carbocycles. The molecule has 0 aliphatic heterocycles. The number of carbonyl (C=O) groups excluding carboxylic acids is 2. The van der Waals surface area contributed by atoms with Crippen LogP contribution >= 0.6 is 15.9 Å². The summed E-state index contributed by atoms with van der Waals surface area (Å²) in [5.41, 5.74) is 2.09. The second-order valence-corrected chi connectivity index (χ2v) is 6.75. The van der Waals surface area contributed by atoms with E-state index in [1.165, 1.54) is 0 Å². The molecular formula is C22H17BrO2. The Bertz CT molecular complexity index is 873. The highest BCUT2D eigenvalue weighted by molar-refractivity contribution is 9.10. The van der Waals surface area contributed by atoms with Crippen LogP contribution < -0.4 is 0 Å². The summed E-state index contributed by atoms with van der Waals surface area (Å²) in [5, 5.41) is 0. The predicted octanol–water partition coefficient (Wildman–Crippen LogP) is 5.69. The first-order chi connectivity index (χ1) is 12.1. The third-order valence-corrected chi connectivity index (χ3v) is 4.61. The van der Waals surface area contributed by atoms with Crippen molar-refractivity contribution in [2.24, 2.45) is 0 Å². The summed E-state index contributed by atoms with van der Waals surface area (Å²) in [6.45, 7) is 0. The van der Waals surface area contributed by atoms with Crippen LogP contribution in [0.25, 0.3) is 0 Å². The van der Waals surface area contributed by atoms with Gasteiger partial charge in [-0.05, 0) is 17.7 Å². The van der Waals surface area contributed by atoms with Gasteiger partial charge in [0.15, 0.2) is 11.6 Å². The van der Waals surface area contributed by atoms with Gasteiger partial charge >= 0.3 is 0 Å². The van der Waals surface area contributed by atoms with Gasteiger partial charge in [-0.3, -0.25) is 9.59 Å². The Morgan fingerprint density at radius 2 is 1.36 bits per heavy atom. The van der Waals surface area contributed by atoms with Gasteiger partial charge in [0.05, 0.1) is 5.92 Å². The second kappa shape index (κ2) is 8.04. The second-order valence-electron chi connectivity index (χ2n) is 5.83. The zero-order valence-electron chi connectivity index (χ0n) is 13.6. The molecule has 3 heteroatoms. The van der Waals surface area contributed by atoms with Gasteiger partial charge in [-0.15, -0.1) is 0 Å². The van der Waals surface area contributed by atoms with E-state index < -0.39 is 5.92 Å². The molecule has 0 amide bonds. The van der Waals surface area contributed by atoms with Gasteiger partial charge in [0, 0.05) is 22.0 Å². The maximum Gasteiger partial charge on any atom is 0.170 e. The number of hydrogen-bond donors (Lipinski definition) is 0. The minimum absolute atomic E-state index is 0.0298. The van der Waals surface area contributed by atoms with E-state index in [2.05, 4.69) is 15.9 Å². The van der Waals surface area contributed by atoms with Crippen molar-refractivity contribution < 1.29 is 9.59 Å². The first-order valence-corrected chi connectivity index (χ1v) is 8.87. The zero-order valence-corrected chi connectivity index (χ0v) is 15.1. The van der Waals surface area contributed by atoms with E-state index in [1.54, 1.807) is 24.3 Å². The predicted molar refractivity (Wildman–Crippen MR) is 103 cm³/mol. The van der Waals surface area contributed by atoms with Crippen molar-refractivity contribution in [3.8, 4) is 0 Å². The van der Waals surface area contributed by atoms with E-state index in [4.69, 9.17) is 0 Å². The van der Waals surface area contributed by atoms with Crippen molar-refractivity contribution in [2.45, 2.75) is 12.3 Å². The normalized spacial score (nSPS) is 11.7. The zero-order chi connectivity index (χ0) is 17.6. The Labute approximate surface area is 155 Å². The number of carbonyl (C=O) groups is 2. The average molecular weight is 393 g/mol. The lowest BCUT2D eigenvalue weighted by atomic mass is 9.85. The molecule has 0 saturated heterocycles. The molecular weight excluding hydrogens is 376 g/mol. The van der Waals surface area contributed by atoms with Crippen molar-refractivity contribution in [1.29, 1.82) is 0 Å². The molecule has 0 radical (unpaired) electrons. The molecule has 1 atom stereocenters. The van der Waals surface area contributed by atoms with E-state index in [0.717, 1.165) is 10.0 Å². The fraction of sp³-hybridized carbons (Fsp3) is 0.0909. The highest BCUT2D eigenvalue weighted by Gasteiger charge is 2.25. The van der Waals surface area contributed by atoms with Crippen molar-refractivity contribution in [2.75, 3.05) is 0 Å². The maximum atomic E-state index is 13.1. The van der Waals surface area contributed by atoms with Gasteiger partial charge < -0.3 is 0 Å². The van der Waals surface area contributed by atoms with Crippen LogP contribution in [0.2, 0.25) is 0 Å². The summed E-state index contributed by atoms with van der Waals surface area (Å²) in [6, 6.07) is 25.9. The lowest BCUT2D eigenvalue weighted by molar-refractivity contribution is 0.0893. The Balaban J connectivity index is 1.93. The first-order valence-electron chi connectivity index (χ1n) is 8.08. The Hall–Kier alpha value is -2.52. The van der Waals surface area contributed by atoms with Crippen LogP contribution in [-0.2, 0) is 0 Å². The van der Waals surface area contributed by atoms with Gasteiger partial charge in [-0.25, -0.2) is 0 Å². The van der Waals surface area contributed by atoms with Crippen molar-refractivity contribution in [3.05, 3.63) is 106 Å². The minimum atomic E-state index is -0.497. The monoisotopic (exact) mass is 392 g/mol. The molecule has 25 heavy (non-hydrogen) atoms. The van der Waals surface area contributed by atoms with Gasteiger partial charge in [-0.1, -0.05) is 88.7 Å². The molecule has 3 aromatic rings. The summed E-state index contributed by atoms with van der Waals surface area (Å²) in [6.07, 6.45) is 0.152. The SMILES string of the molecule is O=C(CC(C(=O)c1cccc(Br)c1)c1ccccc1)c1ccccc1. The van der Waals surface area contributed by atoms with Crippen LogP contribution in [0.3, 0.4) is 0 Å². The quantitative estimate of drug-likeness (QED) is 0.505. The number of rotatable bonds is 6. The fourth-order valence-corrected chi connectivity index (χ4v) is 3.22. The van der Waals surface area contributed by atoms with Crippen LogP contribution in [0.1, 0.15) is 38.6 Å². The Morgan fingerprint density at radius 3 is 2.00 bits per heavy atom. The van der Waals surface area contributed by atoms with E-state index >= 15 is 0 Å². The summed E-state index contributed by atoms with van der Waals surface area (Å²) in [4.78, 5) is 25.8. The molecule has 0 bridgehead atoms. The molecule has 0 spiro atoms. The maximum absolute atomic E-state index is 13.1. The molecule has 0 N–H and O–H groups in total. The van der Waals surface area contributed by atoms with E-state index in [-0.39, 0.29) is 18.0 Å². The van der Waals surface area contributed by atoms with Crippen molar-refractivity contribution >= 4 is 27.5 Å². The van der Waals surface area contributed by atoms with Crippen LogP contribution in [-0.4, -0.2) is 11.6 Å². The number of Topliss-reactive ketones (excluding diaryl/α,β-unsaturated/α-hetero) is 2. The van der Waals surface area contributed by atoms with Crippen LogP contribution in [0.15, 0.2) is 89.4 Å². The van der Waals surface area contributed by atoms with Gasteiger partial charge in [-0.2, -0.15) is 0 Å². The van der Waals surface area contributed by atoms with Crippen LogP contribution in [0, 0.1) is 0 Å². The first kappa shape index (κ1) is 17.3. The van der Waals surface area contributed by atoms with Gasteiger partial charge in [0.2, 0.25) is 0 Å². The highest BCUT2D eigenvalue weighted by atomic mass is 79.9. The number of benzene rings is 3. The van der Waals surface area contributed by atoms with E-state index in [0.29, 0.717) is 11.1 Å². The molecule has 1 unspecified atom stereocenters. The summed E-state index contributed by atoms with van der Waals surface area (Å²) < 4.78 is 0.847. The van der Waals surface area contributed by atoms with Gasteiger partial charge in [0.1, 0.15) is 0 Å². The largest absolute Gasteiger partial charge is 0.294 e. The molecule has 124 valence electrons. The number of halogens is 1. The lowest BCUT2D eigenvalue weighted by Gasteiger charge is -2.16. The molecule has 0 aliphatic rings. The van der Waals surface area contributed by atoms with Crippen molar-refractivity contribution in [1.82, 2.24) is 0 Å². The standard InChI is InChI=1S/C22H17BrO2/c23-19-13-7-12-18(14-19)22(25)20(16-8-3-1-4-9-16)15-21(24)17-10-5-2-6-11-17/h1-14,20H,15H2. The lowest BCUT2D eigenvalue weighted by Crippen LogP contribution is -2.17. The Kier molecular flexibility index (Phi) is 5.56. The number of ketones is 2. The fourth-order valence-electron chi connectivity index (χ4n) is 2.82. The van der Waals surface area contributed by atoms with Crippen LogP contribution in [0.5, 0.6) is 0 Å². The molecule has 2 nitrogen and oxygen atoms in total. The summed E-state index contributed by atoms with van der Waals surface area (Å²) >= 11 is 3.40. The summed E-state index contributed by atoms with van der Waals surface area (Å²) in [7, 11) is 0. The Morgan fingerprint density at radius 1 is 0.760 bits per heavy atom. The van der Waals surface area contributed by atoms with Gasteiger partial charge in [0.25, 0.3) is 0 Å².